The first kappa shape index (κ1) is 23.6. The maximum Gasteiger partial charge on any atom is 0.114 e. The minimum absolute atomic E-state index is 0.280. The molecule has 0 amide bonds. The van der Waals surface area contributed by atoms with Crippen LogP contribution in [0.3, 0.4) is 0 Å². The predicted molar refractivity (Wildman–Crippen MR) is 125 cm³/mol. The van der Waals surface area contributed by atoms with E-state index in [1.54, 1.807) is 0 Å². The highest BCUT2D eigenvalue weighted by Crippen LogP contribution is 2.27. The van der Waals surface area contributed by atoms with Crippen LogP contribution < -0.4 is 5.48 Å². The van der Waals surface area contributed by atoms with Gasteiger partial charge in [-0.05, 0) is 23.1 Å². The van der Waals surface area contributed by atoms with E-state index in [4.69, 9.17) is 14.3 Å². The van der Waals surface area contributed by atoms with Crippen LogP contribution in [0.25, 0.3) is 0 Å². The summed E-state index contributed by atoms with van der Waals surface area (Å²) in [6.45, 7) is 1.00. The lowest BCUT2D eigenvalue weighted by Crippen LogP contribution is -2.61. The minimum Gasteiger partial charge on any atom is -0.389 e. The zero-order valence-corrected chi connectivity index (χ0v) is 18.5. The van der Waals surface area contributed by atoms with Gasteiger partial charge in [0.05, 0.1) is 32.0 Å². The van der Waals surface area contributed by atoms with Gasteiger partial charge in [-0.2, -0.15) is 5.48 Å². The monoisotopic (exact) mass is 449 g/mol. The van der Waals surface area contributed by atoms with E-state index in [0.29, 0.717) is 19.6 Å². The summed E-state index contributed by atoms with van der Waals surface area (Å²) in [5, 5.41) is 22.0. The number of nitrogens with one attached hydrogen (secondary N) is 1. The summed E-state index contributed by atoms with van der Waals surface area (Å²) in [5.74, 6) is 0. The summed E-state index contributed by atoms with van der Waals surface area (Å²) in [6.07, 6.45) is -2.89. The van der Waals surface area contributed by atoms with E-state index in [-0.39, 0.29) is 6.61 Å². The van der Waals surface area contributed by atoms with Crippen LogP contribution in [-0.2, 0) is 34.1 Å². The van der Waals surface area contributed by atoms with E-state index in [1.807, 2.05) is 91.0 Å². The molecule has 33 heavy (non-hydrogen) atoms. The highest BCUT2D eigenvalue weighted by molar-refractivity contribution is 5.15. The van der Waals surface area contributed by atoms with Gasteiger partial charge >= 0.3 is 0 Å². The maximum atomic E-state index is 11.0. The molecule has 5 atom stereocenters. The standard InChI is InChI=1S/C27H31NO5/c29-25-23(28-33-19-22-14-8-3-9-15-22)16-24(31-17-20-10-4-1-5-11-20)26(30)27(25)32-18-21-12-6-2-7-13-21/h1-15,23-30H,16-19H2/t23-,24+,25-,26+,27+/m0/s1. The van der Waals surface area contributed by atoms with Crippen molar-refractivity contribution in [1.29, 1.82) is 0 Å². The topological polar surface area (TPSA) is 80.2 Å². The maximum absolute atomic E-state index is 11.0. The Labute approximate surface area is 194 Å². The molecule has 1 aliphatic rings. The average molecular weight is 450 g/mol. The molecule has 1 saturated carbocycles. The smallest absolute Gasteiger partial charge is 0.114 e. The van der Waals surface area contributed by atoms with Crippen molar-refractivity contribution < 1.29 is 24.5 Å². The lowest BCUT2D eigenvalue weighted by molar-refractivity contribution is -0.202. The van der Waals surface area contributed by atoms with Crippen LogP contribution in [0.15, 0.2) is 91.0 Å². The SMILES string of the molecule is O[C@@H]1[C@@H](OCc2ccccc2)[C@H](O)[C@H](OCc2ccccc2)C[C@@H]1NOCc1ccccc1. The number of benzene rings is 3. The molecule has 6 heteroatoms. The van der Waals surface area contributed by atoms with E-state index in [0.717, 1.165) is 16.7 Å². The molecule has 4 rings (SSSR count). The van der Waals surface area contributed by atoms with Gasteiger partial charge in [-0.15, -0.1) is 0 Å². The number of hydroxylamine groups is 1. The van der Waals surface area contributed by atoms with Gasteiger partial charge in [0.1, 0.15) is 18.3 Å². The highest BCUT2D eigenvalue weighted by Gasteiger charge is 2.45. The molecule has 3 aromatic carbocycles. The molecule has 0 unspecified atom stereocenters. The predicted octanol–water partition coefficient (Wildman–Crippen LogP) is 3.37. The van der Waals surface area contributed by atoms with Gasteiger partial charge in [0.15, 0.2) is 0 Å². The zero-order chi connectivity index (χ0) is 22.9. The second-order valence-electron chi connectivity index (χ2n) is 8.31. The van der Waals surface area contributed by atoms with E-state index in [1.165, 1.54) is 0 Å². The van der Waals surface area contributed by atoms with Crippen molar-refractivity contribution in [3.8, 4) is 0 Å². The lowest BCUT2D eigenvalue weighted by Gasteiger charge is -2.42. The molecule has 0 aliphatic heterocycles. The second-order valence-corrected chi connectivity index (χ2v) is 8.31. The van der Waals surface area contributed by atoms with Gasteiger partial charge in [-0.25, -0.2) is 0 Å². The quantitative estimate of drug-likeness (QED) is 0.412. The summed E-state index contributed by atoms with van der Waals surface area (Å²) >= 11 is 0. The summed E-state index contributed by atoms with van der Waals surface area (Å²) in [4.78, 5) is 5.68. The van der Waals surface area contributed by atoms with Crippen LogP contribution in [-0.4, -0.2) is 40.7 Å². The molecule has 0 saturated heterocycles. The van der Waals surface area contributed by atoms with Gasteiger partial charge in [-0.3, -0.25) is 4.84 Å². The Hall–Kier alpha value is -2.58. The Bertz CT molecular complexity index is 941. The van der Waals surface area contributed by atoms with Crippen molar-refractivity contribution in [2.24, 2.45) is 0 Å². The number of aliphatic hydroxyl groups is 2. The number of hydrogen-bond acceptors (Lipinski definition) is 6. The minimum atomic E-state index is -0.973. The van der Waals surface area contributed by atoms with Gasteiger partial charge in [-0.1, -0.05) is 91.0 Å². The Morgan fingerprint density at radius 2 is 1.12 bits per heavy atom. The Balaban J connectivity index is 1.41. The van der Waals surface area contributed by atoms with Crippen LogP contribution in [0.1, 0.15) is 23.1 Å². The molecule has 174 valence electrons. The van der Waals surface area contributed by atoms with E-state index in [9.17, 15) is 10.2 Å². The molecule has 0 bridgehead atoms. The van der Waals surface area contributed by atoms with Crippen molar-refractivity contribution in [2.75, 3.05) is 0 Å². The fourth-order valence-electron chi connectivity index (χ4n) is 4.00. The number of aliphatic hydroxyl groups excluding tert-OH is 2. The van der Waals surface area contributed by atoms with Gasteiger partial charge in [0, 0.05) is 0 Å². The van der Waals surface area contributed by atoms with Crippen molar-refractivity contribution >= 4 is 0 Å². The summed E-state index contributed by atoms with van der Waals surface area (Å²) in [7, 11) is 0. The van der Waals surface area contributed by atoms with Crippen LogP contribution in [0.5, 0.6) is 0 Å². The summed E-state index contributed by atoms with van der Waals surface area (Å²) < 4.78 is 12.1. The van der Waals surface area contributed by atoms with Gasteiger partial charge < -0.3 is 19.7 Å². The van der Waals surface area contributed by atoms with Crippen molar-refractivity contribution in [2.45, 2.75) is 56.7 Å². The van der Waals surface area contributed by atoms with Gasteiger partial charge in [0.25, 0.3) is 0 Å². The third-order valence-corrected chi connectivity index (χ3v) is 5.86. The number of rotatable bonds is 10. The largest absolute Gasteiger partial charge is 0.389 e. The normalized spacial score (nSPS) is 25.1. The second kappa shape index (κ2) is 12.0. The molecule has 0 heterocycles. The van der Waals surface area contributed by atoms with Crippen molar-refractivity contribution in [3.63, 3.8) is 0 Å². The Morgan fingerprint density at radius 1 is 0.636 bits per heavy atom. The Morgan fingerprint density at radius 3 is 1.67 bits per heavy atom. The first-order valence-corrected chi connectivity index (χ1v) is 11.3. The molecule has 0 radical (unpaired) electrons. The van der Waals surface area contributed by atoms with Crippen LogP contribution in [0.4, 0.5) is 0 Å². The number of hydrogen-bond donors (Lipinski definition) is 3. The van der Waals surface area contributed by atoms with Crippen LogP contribution in [0.2, 0.25) is 0 Å². The van der Waals surface area contributed by atoms with E-state index >= 15 is 0 Å². The summed E-state index contributed by atoms with van der Waals surface area (Å²) in [6, 6.07) is 28.8. The molecule has 3 N–H and O–H groups in total. The van der Waals surface area contributed by atoms with E-state index in [2.05, 4.69) is 5.48 Å². The molecule has 0 spiro atoms. The molecule has 1 aliphatic carbocycles. The molecule has 3 aromatic rings. The average Bonchev–Trinajstić information content (AvgIpc) is 2.86. The highest BCUT2D eigenvalue weighted by atomic mass is 16.6. The third-order valence-electron chi connectivity index (χ3n) is 5.86. The van der Waals surface area contributed by atoms with Crippen LogP contribution >= 0.6 is 0 Å². The summed E-state index contributed by atoms with van der Waals surface area (Å²) in [5.41, 5.74) is 5.98. The van der Waals surface area contributed by atoms with Crippen molar-refractivity contribution in [3.05, 3.63) is 108 Å². The molecular weight excluding hydrogens is 418 g/mol. The first-order valence-electron chi connectivity index (χ1n) is 11.3. The molecule has 1 fully saturated rings. The van der Waals surface area contributed by atoms with Gasteiger partial charge in [0.2, 0.25) is 0 Å². The number of ether oxygens (including phenoxy) is 2. The van der Waals surface area contributed by atoms with Crippen LogP contribution in [0, 0.1) is 0 Å². The molecule has 0 aromatic heterocycles. The lowest BCUT2D eigenvalue weighted by atomic mass is 9.85. The zero-order valence-electron chi connectivity index (χ0n) is 18.5. The first-order chi connectivity index (χ1) is 16.2. The molecule has 6 nitrogen and oxygen atoms in total. The fourth-order valence-corrected chi connectivity index (χ4v) is 4.00. The van der Waals surface area contributed by atoms with Crippen molar-refractivity contribution in [1.82, 2.24) is 5.48 Å². The molecular formula is C27H31NO5. The third kappa shape index (κ3) is 6.71. The van der Waals surface area contributed by atoms with E-state index < -0.39 is 30.5 Å². The fraction of sp³-hybridized carbons (Fsp3) is 0.333. The Kier molecular flexibility index (Phi) is 8.60.